The van der Waals surface area contributed by atoms with E-state index in [0.717, 1.165) is 28.1 Å². The number of rotatable bonds is 7. The average Bonchev–Trinajstić information content (AvgIpc) is 3.12. The summed E-state index contributed by atoms with van der Waals surface area (Å²) in [6.45, 7) is 5.38. The van der Waals surface area contributed by atoms with Crippen molar-refractivity contribution >= 4 is 32.6 Å². The number of hydrogen-bond acceptors (Lipinski definition) is 5. The highest BCUT2D eigenvalue weighted by molar-refractivity contribution is 7.22. The number of fused-ring (bicyclic) bond motifs is 1. The Bertz CT molecular complexity index is 989. The molecule has 6 nitrogen and oxygen atoms in total. The van der Waals surface area contributed by atoms with Gasteiger partial charge in [-0.1, -0.05) is 29.0 Å². The van der Waals surface area contributed by atoms with Crippen LogP contribution in [0.4, 0.5) is 5.13 Å². The van der Waals surface area contributed by atoms with E-state index in [1.54, 1.807) is 19.1 Å². The minimum absolute atomic E-state index is 0.0410. The van der Waals surface area contributed by atoms with Crippen molar-refractivity contribution in [2.45, 2.75) is 13.8 Å². The molecule has 7 heteroatoms. The highest BCUT2D eigenvalue weighted by Gasteiger charge is 2.25. The lowest BCUT2D eigenvalue weighted by Gasteiger charge is -2.21. The molecule has 0 aliphatic carbocycles. The van der Waals surface area contributed by atoms with E-state index in [4.69, 9.17) is 14.5 Å². The standard InChI is InChI=1S/C22H27N3O3S/c1-14-7-8-16(15(2)13-14)21(26)25(12-11-24(3)4)22-23-19-17(27-5)9-10-18(28-6)20(19)29-22/h7-10,13H,11-12H2,1-6H3/p+1. The van der Waals surface area contributed by atoms with E-state index in [1.807, 2.05) is 44.2 Å². The largest absolute Gasteiger partial charge is 0.495 e. The van der Waals surface area contributed by atoms with Crippen LogP contribution < -0.4 is 19.3 Å². The fourth-order valence-corrected chi connectivity index (χ4v) is 4.31. The van der Waals surface area contributed by atoms with Gasteiger partial charge in [0, 0.05) is 5.56 Å². The first-order valence-electron chi connectivity index (χ1n) is 9.55. The Morgan fingerprint density at radius 1 is 1.10 bits per heavy atom. The number of benzene rings is 2. The summed E-state index contributed by atoms with van der Waals surface area (Å²) in [4.78, 5) is 21.3. The maximum absolute atomic E-state index is 13.5. The average molecular weight is 415 g/mol. The smallest absolute Gasteiger partial charge is 0.260 e. The molecule has 0 bridgehead atoms. The Morgan fingerprint density at radius 3 is 2.41 bits per heavy atom. The Labute approximate surface area is 175 Å². The van der Waals surface area contributed by atoms with Crippen molar-refractivity contribution in [3.8, 4) is 11.5 Å². The van der Waals surface area contributed by atoms with E-state index >= 15 is 0 Å². The van der Waals surface area contributed by atoms with E-state index in [-0.39, 0.29) is 5.91 Å². The Balaban J connectivity index is 2.10. The number of amides is 1. The van der Waals surface area contributed by atoms with E-state index in [1.165, 1.54) is 16.2 Å². The highest BCUT2D eigenvalue weighted by atomic mass is 32.1. The summed E-state index contributed by atoms with van der Waals surface area (Å²) in [7, 11) is 7.40. The molecule has 3 aromatic rings. The predicted molar refractivity (Wildman–Crippen MR) is 118 cm³/mol. The van der Waals surface area contributed by atoms with Gasteiger partial charge in [0.1, 0.15) is 21.7 Å². The van der Waals surface area contributed by atoms with Crippen molar-refractivity contribution in [1.29, 1.82) is 0 Å². The van der Waals surface area contributed by atoms with Gasteiger partial charge in [0.25, 0.3) is 5.91 Å². The van der Waals surface area contributed by atoms with Crippen molar-refractivity contribution in [2.75, 3.05) is 46.3 Å². The number of quaternary nitrogens is 1. The molecular weight excluding hydrogens is 386 g/mol. The molecule has 0 aliphatic heterocycles. The number of ether oxygens (including phenoxy) is 2. The number of carbonyl (C=O) groups is 1. The van der Waals surface area contributed by atoms with E-state index in [0.29, 0.717) is 28.5 Å². The number of hydrogen-bond donors (Lipinski definition) is 1. The molecule has 0 saturated heterocycles. The van der Waals surface area contributed by atoms with Gasteiger partial charge in [-0.15, -0.1) is 0 Å². The third-order valence-electron chi connectivity index (χ3n) is 4.82. The zero-order valence-electron chi connectivity index (χ0n) is 17.8. The number of likely N-dealkylation sites (N-methyl/N-ethyl adjacent to an activating group) is 1. The van der Waals surface area contributed by atoms with Crippen LogP contribution in [-0.2, 0) is 0 Å². The summed E-state index contributed by atoms with van der Waals surface area (Å²) < 4.78 is 11.9. The monoisotopic (exact) mass is 414 g/mol. The zero-order valence-corrected chi connectivity index (χ0v) is 18.6. The molecule has 29 heavy (non-hydrogen) atoms. The van der Waals surface area contributed by atoms with Gasteiger partial charge in [0.15, 0.2) is 5.13 Å². The summed E-state index contributed by atoms with van der Waals surface area (Å²) in [6.07, 6.45) is 0. The van der Waals surface area contributed by atoms with Crippen molar-refractivity contribution in [3.05, 3.63) is 47.0 Å². The molecule has 154 valence electrons. The van der Waals surface area contributed by atoms with Crippen LogP contribution in [0.1, 0.15) is 21.5 Å². The number of aromatic nitrogens is 1. The van der Waals surface area contributed by atoms with Gasteiger partial charge in [-0.05, 0) is 37.6 Å². The molecule has 0 unspecified atom stereocenters. The summed E-state index contributed by atoms with van der Waals surface area (Å²) >= 11 is 1.45. The minimum Gasteiger partial charge on any atom is -0.495 e. The molecule has 0 aliphatic rings. The third kappa shape index (κ3) is 4.36. The van der Waals surface area contributed by atoms with Crippen molar-refractivity contribution in [3.63, 3.8) is 0 Å². The number of thiazole rings is 1. The topological polar surface area (TPSA) is 56.1 Å². The first-order valence-corrected chi connectivity index (χ1v) is 10.4. The molecule has 1 N–H and O–H groups in total. The molecule has 0 radical (unpaired) electrons. The van der Waals surface area contributed by atoms with Gasteiger partial charge in [0.2, 0.25) is 0 Å². The maximum atomic E-state index is 13.5. The number of carbonyl (C=O) groups excluding carboxylic acids is 1. The van der Waals surface area contributed by atoms with E-state index < -0.39 is 0 Å². The molecule has 0 atom stereocenters. The van der Waals surface area contributed by atoms with Gasteiger partial charge < -0.3 is 14.4 Å². The van der Waals surface area contributed by atoms with Crippen molar-refractivity contribution in [1.82, 2.24) is 4.98 Å². The van der Waals surface area contributed by atoms with E-state index in [9.17, 15) is 4.79 Å². The summed E-state index contributed by atoms with van der Waals surface area (Å²) in [6, 6.07) is 9.61. The first-order chi connectivity index (χ1) is 13.8. The van der Waals surface area contributed by atoms with Crippen LogP contribution in [0, 0.1) is 13.8 Å². The number of nitrogens with zero attached hydrogens (tertiary/aromatic N) is 2. The lowest BCUT2D eigenvalue weighted by Crippen LogP contribution is -3.06. The predicted octanol–water partition coefficient (Wildman–Crippen LogP) is 2.72. The molecular formula is C22H28N3O3S+. The number of anilines is 1. The number of nitrogens with one attached hydrogen (secondary N) is 1. The SMILES string of the molecule is COc1ccc(OC)c2sc(N(CC[NH+](C)C)C(=O)c3ccc(C)cc3C)nc12. The lowest BCUT2D eigenvalue weighted by molar-refractivity contribution is -0.856. The fraction of sp³-hybridized carbons (Fsp3) is 0.364. The first kappa shape index (κ1) is 21.1. The second-order valence-electron chi connectivity index (χ2n) is 7.38. The third-order valence-corrected chi connectivity index (χ3v) is 5.92. The van der Waals surface area contributed by atoms with Crippen molar-refractivity contribution < 1.29 is 19.2 Å². The highest BCUT2D eigenvalue weighted by Crippen LogP contribution is 2.40. The van der Waals surface area contributed by atoms with Gasteiger partial charge in [-0.25, -0.2) is 4.98 Å². The molecule has 1 aromatic heterocycles. The van der Waals surface area contributed by atoms with Gasteiger partial charge in [0.05, 0.1) is 41.4 Å². The van der Waals surface area contributed by atoms with Crippen LogP contribution in [0.2, 0.25) is 0 Å². The number of aryl methyl sites for hydroxylation is 2. The molecule has 0 fully saturated rings. The molecule has 1 heterocycles. The summed E-state index contributed by atoms with van der Waals surface area (Å²) in [5, 5.41) is 0.647. The van der Waals surface area contributed by atoms with Crippen LogP contribution in [0.5, 0.6) is 11.5 Å². The van der Waals surface area contributed by atoms with Gasteiger partial charge in [-0.2, -0.15) is 0 Å². The van der Waals surface area contributed by atoms with Crippen LogP contribution in [0.25, 0.3) is 10.2 Å². The quantitative estimate of drug-likeness (QED) is 0.646. The molecule has 0 spiro atoms. The Hall–Kier alpha value is -2.64. The molecule has 3 rings (SSSR count). The van der Waals surface area contributed by atoms with Crippen LogP contribution in [0.15, 0.2) is 30.3 Å². The van der Waals surface area contributed by atoms with Crippen LogP contribution in [-0.4, -0.2) is 52.3 Å². The van der Waals surface area contributed by atoms with Crippen molar-refractivity contribution in [2.24, 2.45) is 0 Å². The van der Waals surface area contributed by atoms with Gasteiger partial charge >= 0.3 is 0 Å². The Morgan fingerprint density at radius 2 is 1.79 bits per heavy atom. The van der Waals surface area contributed by atoms with Crippen LogP contribution in [0.3, 0.4) is 0 Å². The zero-order chi connectivity index (χ0) is 21.1. The minimum atomic E-state index is -0.0410. The lowest BCUT2D eigenvalue weighted by atomic mass is 10.0. The summed E-state index contributed by atoms with van der Waals surface area (Å²) in [5.41, 5.74) is 3.51. The van der Waals surface area contributed by atoms with Gasteiger partial charge in [-0.3, -0.25) is 9.69 Å². The van der Waals surface area contributed by atoms with Crippen LogP contribution >= 0.6 is 11.3 Å². The number of methoxy groups -OCH3 is 2. The second kappa shape index (κ2) is 8.80. The maximum Gasteiger partial charge on any atom is 0.260 e. The molecule has 0 saturated carbocycles. The molecule has 2 aromatic carbocycles. The Kier molecular flexibility index (Phi) is 6.39. The molecule has 1 amide bonds. The summed E-state index contributed by atoms with van der Waals surface area (Å²) in [5.74, 6) is 1.35. The normalized spacial score (nSPS) is 11.1. The second-order valence-corrected chi connectivity index (χ2v) is 8.35. The van der Waals surface area contributed by atoms with E-state index in [2.05, 4.69) is 14.1 Å². The fourth-order valence-electron chi connectivity index (χ4n) is 3.21.